The molecule has 7 aliphatic rings. The van der Waals surface area contributed by atoms with E-state index in [0.29, 0.717) is 5.41 Å². The monoisotopic (exact) mass is 300 g/mol. The molecule has 3 heteroatoms. The number of likely N-dealkylation sites (tertiary alicyclic amines) is 1. The minimum absolute atomic E-state index is 0.244. The molecule has 0 spiro atoms. The molecule has 6 saturated carbocycles. The summed E-state index contributed by atoms with van der Waals surface area (Å²) in [6.45, 7) is 2.97. The van der Waals surface area contributed by atoms with E-state index in [4.69, 9.17) is 0 Å². The van der Waals surface area contributed by atoms with Gasteiger partial charge in [-0.05, 0) is 91.8 Å². The highest BCUT2D eigenvalue weighted by Crippen LogP contribution is 2.87. The fourth-order valence-corrected chi connectivity index (χ4v) is 9.01. The third-order valence-electron chi connectivity index (χ3n) is 9.10. The van der Waals surface area contributed by atoms with Crippen LogP contribution in [0.15, 0.2) is 0 Å². The highest BCUT2D eigenvalue weighted by Gasteiger charge is 2.83. The van der Waals surface area contributed by atoms with Crippen molar-refractivity contribution in [2.24, 2.45) is 46.8 Å². The Morgan fingerprint density at radius 1 is 0.955 bits per heavy atom. The lowest BCUT2D eigenvalue weighted by molar-refractivity contribution is 0.0228. The molecule has 22 heavy (non-hydrogen) atoms. The summed E-state index contributed by atoms with van der Waals surface area (Å²) in [6.07, 6.45) is 9.67. The zero-order chi connectivity index (χ0) is 14.5. The fourth-order valence-electron chi connectivity index (χ4n) is 9.01. The number of rotatable bonds is 2. The molecule has 8 bridgehead atoms. The van der Waals surface area contributed by atoms with Crippen molar-refractivity contribution >= 4 is 6.03 Å². The van der Waals surface area contributed by atoms with Crippen molar-refractivity contribution in [3.8, 4) is 0 Å². The van der Waals surface area contributed by atoms with Crippen molar-refractivity contribution in [2.45, 2.75) is 44.9 Å². The molecule has 6 atom stereocenters. The number of hydrogen-bond acceptors (Lipinski definition) is 1. The number of amides is 2. The Labute approximate surface area is 133 Å². The molecule has 0 radical (unpaired) electrons. The maximum absolute atomic E-state index is 12.6. The first-order valence-corrected chi connectivity index (χ1v) is 9.85. The third kappa shape index (κ3) is 1.20. The van der Waals surface area contributed by atoms with E-state index in [9.17, 15) is 4.79 Å². The van der Waals surface area contributed by atoms with Gasteiger partial charge >= 0.3 is 6.03 Å². The van der Waals surface area contributed by atoms with Gasteiger partial charge in [0.2, 0.25) is 0 Å². The van der Waals surface area contributed by atoms with E-state index in [1.54, 1.807) is 0 Å². The molecule has 7 rings (SSSR count). The summed E-state index contributed by atoms with van der Waals surface area (Å²) in [4.78, 5) is 14.6. The van der Waals surface area contributed by atoms with Gasteiger partial charge in [0, 0.05) is 19.6 Å². The molecule has 3 nitrogen and oxygen atoms in total. The highest BCUT2D eigenvalue weighted by molar-refractivity contribution is 5.74. The van der Waals surface area contributed by atoms with Crippen LogP contribution >= 0.6 is 0 Å². The van der Waals surface area contributed by atoms with E-state index < -0.39 is 0 Å². The maximum Gasteiger partial charge on any atom is 0.317 e. The van der Waals surface area contributed by atoms with Crippen molar-refractivity contribution < 1.29 is 4.79 Å². The topological polar surface area (TPSA) is 32.3 Å². The SMILES string of the molecule is O=C(NCC12C3CCC4C3C3C(CCC31)C42)N1CCCCC1. The summed E-state index contributed by atoms with van der Waals surface area (Å²) < 4.78 is 0. The lowest BCUT2D eigenvalue weighted by Crippen LogP contribution is -2.52. The van der Waals surface area contributed by atoms with Crippen molar-refractivity contribution in [1.82, 2.24) is 10.2 Å². The number of carbonyl (C=O) groups excluding carboxylic acids is 1. The minimum atomic E-state index is 0.244. The number of carbonyl (C=O) groups is 1. The maximum atomic E-state index is 12.6. The highest BCUT2D eigenvalue weighted by atomic mass is 16.2. The Morgan fingerprint density at radius 3 is 2.23 bits per heavy atom. The normalized spacial score (nSPS) is 56.4. The van der Waals surface area contributed by atoms with Crippen molar-refractivity contribution in [1.29, 1.82) is 0 Å². The van der Waals surface area contributed by atoms with Gasteiger partial charge in [-0.2, -0.15) is 0 Å². The molecule has 0 aromatic carbocycles. The van der Waals surface area contributed by atoms with Crippen LogP contribution < -0.4 is 5.32 Å². The third-order valence-corrected chi connectivity index (χ3v) is 9.10. The van der Waals surface area contributed by atoms with Crippen LogP contribution in [0.2, 0.25) is 0 Å². The molecule has 0 aromatic rings. The molecule has 120 valence electrons. The molecule has 1 N–H and O–H groups in total. The number of hydrogen-bond donors (Lipinski definition) is 1. The van der Waals surface area contributed by atoms with E-state index in [-0.39, 0.29) is 6.03 Å². The molecule has 1 saturated heterocycles. The molecule has 2 amide bonds. The Balaban J connectivity index is 1.24. The van der Waals surface area contributed by atoms with Gasteiger partial charge in [0.1, 0.15) is 0 Å². The van der Waals surface area contributed by atoms with E-state index in [2.05, 4.69) is 10.2 Å². The van der Waals surface area contributed by atoms with Gasteiger partial charge in [-0.1, -0.05) is 0 Å². The molecule has 0 aromatic heterocycles. The standard InChI is InChI=1S/C19H28N2O/c22-18(21-8-2-1-3-9-21)20-10-19-13-6-4-11-15(13)16-12(17(11)19)5-7-14(16)19/h11-17H,1-10H2,(H,20,22). The van der Waals surface area contributed by atoms with Crippen LogP contribution in [-0.4, -0.2) is 30.6 Å². The van der Waals surface area contributed by atoms with Gasteiger partial charge in [0.05, 0.1) is 0 Å². The molecule has 1 aliphatic heterocycles. The Bertz CT molecular complexity index is 500. The van der Waals surface area contributed by atoms with Gasteiger partial charge < -0.3 is 10.2 Å². The lowest BCUT2D eigenvalue weighted by atomic mass is 9.59. The van der Waals surface area contributed by atoms with E-state index >= 15 is 0 Å². The lowest BCUT2D eigenvalue weighted by Gasteiger charge is -2.47. The molecule has 6 unspecified atom stereocenters. The first-order chi connectivity index (χ1) is 10.8. The molecule has 1 heterocycles. The largest absolute Gasteiger partial charge is 0.337 e. The summed E-state index contributed by atoms with van der Waals surface area (Å²) >= 11 is 0. The van der Waals surface area contributed by atoms with Crippen LogP contribution in [0.3, 0.4) is 0 Å². The second-order valence-corrected chi connectivity index (χ2v) is 9.19. The van der Waals surface area contributed by atoms with Gasteiger partial charge in [0.15, 0.2) is 0 Å². The van der Waals surface area contributed by atoms with Gasteiger partial charge in [-0.3, -0.25) is 0 Å². The Kier molecular flexibility index (Phi) is 2.31. The molecule has 7 fully saturated rings. The van der Waals surface area contributed by atoms with E-state index in [1.165, 1.54) is 44.9 Å². The van der Waals surface area contributed by atoms with E-state index in [1.807, 2.05) is 0 Å². The fraction of sp³-hybridized carbons (Fsp3) is 0.947. The second kappa shape index (κ2) is 4.02. The number of urea groups is 1. The van der Waals surface area contributed by atoms with Crippen molar-refractivity contribution in [3.05, 3.63) is 0 Å². The van der Waals surface area contributed by atoms with Crippen LogP contribution in [0, 0.1) is 46.8 Å². The summed E-state index contributed by atoms with van der Waals surface area (Å²) in [5.74, 6) is 7.24. The van der Waals surface area contributed by atoms with Crippen LogP contribution in [0.4, 0.5) is 4.79 Å². The molecule has 6 aliphatic carbocycles. The van der Waals surface area contributed by atoms with Crippen LogP contribution in [0.25, 0.3) is 0 Å². The van der Waals surface area contributed by atoms with Crippen LogP contribution in [0.5, 0.6) is 0 Å². The summed E-state index contributed by atoms with van der Waals surface area (Å²) in [7, 11) is 0. The average molecular weight is 300 g/mol. The minimum Gasteiger partial charge on any atom is -0.337 e. The van der Waals surface area contributed by atoms with E-state index in [0.717, 1.165) is 61.1 Å². The zero-order valence-electron chi connectivity index (χ0n) is 13.5. The van der Waals surface area contributed by atoms with Gasteiger partial charge in [-0.25, -0.2) is 4.79 Å². The predicted octanol–water partition coefficient (Wildman–Crippen LogP) is 3.11. The van der Waals surface area contributed by atoms with Crippen LogP contribution in [0.1, 0.15) is 44.9 Å². The molecular weight excluding hydrogens is 272 g/mol. The van der Waals surface area contributed by atoms with Gasteiger partial charge in [-0.15, -0.1) is 0 Å². The number of nitrogens with zero attached hydrogens (tertiary/aromatic N) is 1. The smallest absolute Gasteiger partial charge is 0.317 e. The first-order valence-electron chi connectivity index (χ1n) is 9.85. The van der Waals surface area contributed by atoms with Crippen molar-refractivity contribution in [3.63, 3.8) is 0 Å². The average Bonchev–Trinajstić information content (AvgIpc) is 3.33. The number of nitrogens with one attached hydrogen (secondary N) is 1. The van der Waals surface area contributed by atoms with Crippen molar-refractivity contribution in [2.75, 3.05) is 19.6 Å². The predicted molar refractivity (Wildman–Crippen MR) is 84.2 cm³/mol. The Morgan fingerprint density at radius 2 is 1.59 bits per heavy atom. The summed E-state index contributed by atoms with van der Waals surface area (Å²) in [6, 6.07) is 0.244. The number of piperidine rings is 1. The molecular formula is C19H28N2O. The van der Waals surface area contributed by atoms with Gasteiger partial charge in [0.25, 0.3) is 0 Å². The quantitative estimate of drug-likeness (QED) is 0.835. The summed E-state index contributed by atoms with van der Waals surface area (Å²) in [5, 5.41) is 3.43. The zero-order valence-corrected chi connectivity index (χ0v) is 13.5. The van der Waals surface area contributed by atoms with Crippen LogP contribution in [-0.2, 0) is 0 Å². The first kappa shape index (κ1) is 12.7. The second-order valence-electron chi connectivity index (χ2n) is 9.19. The Hall–Kier alpha value is -0.730. The summed E-state index contributed by atoms with van der Waals surface area (Å²) in [5.41, 5.74) is 0.548.